The molecule has 0 saturated heterocycles. The molecule has 0 radical (unpaired) electrons. The Labute approximate surface area is 138 Å². The highest BCUT2D eigenvalue weighted by Crippen LogP contribution is 2.21. The van der Waals surface area contributed by atoms with Gasteiger partial charge in [0.05, 0.1) is 12.2 Å². The molecule has 3 aromatic rings. The van der Waals surface area contributed by atoms with Gasteiger partial charge in [-0.05, 0) is 43.2 Å². The minimum Gasteiger partial charge on any atom is -0.419 e. The van der Waals surface area contributed by atoms with Gasteiger partial charge in [-0.2, -0.15) is 0 Å². The number of hydrogen-bond acceptors (Lipinski definition) is 6. The van der Waals surface area contributed by atoms with Crippen LogP contribution in [0, 0.1) is 12.7 Å². The van der Waals surface area contributed by atoms with Crippen LogP contribution < -0.4 is 0 Å². The van der Waals surface area contributed by atoms with Crippen molar-refractivity contribution in [2.24, 2.45) is 0 Å². The predicted molar refractivity (Wildman–Crippen MR) is 84.3 cm³/mol. The summed E-state index contributed by atoms with van der Waals surface area (Å²) in [6.07, 6.45) is 2.82. The second kappa shape index (κ2) is 6.09. The maximum atomic E-state index is 13.0. The van der Waals surface area contributed by atoms with E-state index in [4.69, 9.17) is 4.42 Å². The van der Waals surface area contributed by atoms with Crippen molar-refractivity contribution in [2.75, 3.05) is 6.54 Å². The van der Waals surface area contributed by atoms with Gasteiger partial charge in [-0.25, -0.2) is 14.4 Å². The van der Waals surface area contributed by atoms with E-state index in [-0.39, 0.29) is 5.82 Å². The molecule has 4 rings (SSSR count). The number of aromatic nitrogens is 4. The van der Waals surface area contributed by atoms with E-state index in [1.165, 1.54) is 17.7 Å². The van der Waals surface area contributed by atoms with Gasteiger partial charge >= 0.3 is 0 Å². The van der Waals surface area contributed by atoms with Gasteiger partial charge in [-0.3, -0.25) is 4.90 Å². The molecule has 24 heavy (non-hydrogen) atoms. The third-order valence-corrected chi connectivity index (χ3v) is 4.06. The van der Waals surface area contributed by atoms with Crippen molar-refractivity contribution in [1.82, 2.24) is 25.1 Å². The molecule has 0 bridgehead atoms. The molecular formula is C17H16FN5O. The molecule has 0 amide bonds. The van der Waals surface area contributed by atoms with Crippen molar-refractivity contribution in [3.8, 4) is 11.5 Å². The van der Waals surface area contributed by atoms with Crippen LogP contribution in [-0.4, -0.2) is 31.6 Å². The summed E-state index contributed by atoms with van der Waals surface area (Å²) in [5.74, 6) is 1.44. The Morgan fingerprint density at radius 3 is 2.88 bits per heavy atom. The van der Waals surface area contributed by atoms with Crippen molar-refractivity contribution in [1.29, 1.82) is 0 Å². The molecule has 0 saturated carbocycles. The van der Waals surface area contributed by atoms with Crippen molar-refractivity contribution in [3.63, 3.8) is 0 Å². The lowest BCUT2D eigenvalue weighted by Gasteiger charge is -2.26. The fraction of sp³-hybridized carbons (Fsp3) is 0.294. The van der Waals surface area contributed by atoms with Crippen molar-refractivity contribution in [2.45, 2.75) is 26.4 Å². The normalized spacial score (nSPS) is 14.6. The summed E-state index contributed by atoms with van der Waals surface area (Å²) < 4.78 is 18.7. The number of aryl methyl sites for hydroxylation is 1. The van der Waals surface area contributed by atoms with Crippen LogP contribution in [0.15, 0.2) is 34.9 Å². The summed E-state index contributed by atoms with van der Waals surface area (Å²) in [7, 11) is 0. The van der Waals surface area contributed by atoms with E-state index in [0.29, 0.717) is 23.9 Å². The van der Waals surface area contributed by atoms with Gasteiger partial charge < -0.3 is 4.42 Å². The number of rotatable bonds is 3. The van der Waals surface area contributed by atoms with Crippen LogP contribution in [0.2, 0.25) is 0 Å². The molecular weight excluding hydrogens is 309 g/mol. The molecule has 0 fully saturated rings. The zero-order valence-electron chi connectivity index (χ0n) is 13.2. The third kappa shape index (κ3) is 3.03. The summed E-state index contributed by atoms with van der Waals surface area (Å²) in [5.41, 5.74) is 2.98. The first-order valence-electron chi connectivity index (χ1n) is 7.79. The Bertz CT molecular complexity index is 862. The van der Waals surface area contributed by atoms with E-state index in [1.807, 2.05) is 13.1 Å². The molecule has 0 aliphatic carbocycles. The molecule has 0 spiro atoms. The van der Waals surface area contributed by atoms with E-state index in [1.54, 1.807) is 12.1 Å². The minimum atomic E-state index is -0.289. The van der Waals surface area contributed by atoms with Crippen LogP contribution in [0.5, 0.6) is 0 Å². The third-order valence-electron chi connectivity index (χ3n) is 4.06. The van der Waals surface area contributed by atoms with Crippen molar-refractivity contribution in [3.05, 3.63) is 59.3 Å². The van der Waals surface area contributed by atoms with Gasteiger partial charge in [0.15, 0.2) is 0 Å². The molecule has 1 aliphatic heterocycles. The summed E-state index contributed by atoms with van der Waals surface area (Å²) in [6, 6.07) is 6.01. The lowest BCUT2D eigenvalue weighted by Crippen LogP contribution is -2.31. The standard InChI is InChI=1S/C17H16FN5O/c1-11-19-8-13-6-7-23(9-15(13)20-11)10-16-21-22-17(24-16)12-2-4-14(18)5-3-12/h2-5,8H,6-7,9-10H2,1H3. The maximum Gasteiger partial charge on any atom is 0.247 e. The fourth-order valence-electron chi connectivity index (χ4n) is 2.81. The summed E-state index contributed by atoms with van der Waals surface area (Å²) in [5, 5.41) is 8.15. The van der Waals surface area contributed by atoms with Crippen LogP contribution in [0.25, 0.3) is 11.5 Å². The Morgan fingerprint density at radius 1 is 1.21 bits per heavy atom. The van der Waals surface area contributed by atoms with Crippen LogP contribution in [0.3, 0.4) is 0 Å². The molecule has 0 unspecified atom stereocenters. The fourth-order valence-corrected chi connectivity index (χ4v) is 2.81. The van der Waals surface area contributed by atoms with Crippen LogP contribution in [-0.2, 0) is 19.5 Å². The first-order chi connectivity index (χ1) is 11.7. The number of benzene rings is 1. The highest BCUT2D eigenvalue weighted by molar-refractivity contribution is 5.51. The molecule has 1 aliphatic rings. The van der Waals surface area contributed by atoms with E-state index in [0.717, 1.165) is 31.0 Å². The summed E-state index contributed by atoms with van der Waals surface area (Å²) in [6.45, 7) is 4.10. The molecule has 3 heterocycles. The van der Waals surface area contributed by atoms with Gasteiger partial charge in [0.25, 0.3) is 0 Å². The summed E-state index contributed by atoms with van der Waals surface area (Å²) >= 11 is 0. The molecule has 6 nitrogen and oxygen atoms in total. The van der Waals surface area contributed by atoms with Gasteiger partial charge in [0.2, 0.25) is 11.8 Å². The molecule has 0 N–H and O–H groups in total. The largest absolute Gasteiger partial charge is 0.419 e. The average Bonchev–Trinajstić information content (AvgIpc) is 3.03. The average molecular weight is 325 g/mol. The van der Waals surface area contributed by atoms with Gasteiger partial charge in [-0.15, -0.1) is 10.2 Å². The lowest BCUT2D eigenvalue weighted by atomic mass is 10.1. The quantitative estimate of drug-likeness (QED) is 0.737. The Kier molecular flexibility index (Phi) is 3.78. The Hall–Kier alpha value is -2.67. The van der Waals surface area contributed by atoms with Gasteiger partial charge in [-0.1, -0.05) is 0 Å². The van der Waals surface area contributed by atoms with Crippen LogP contribution in [0.1, 0.15) is 23.0 Å². The van der Waals surface area contributed by atoms with Crippen molar-refractivity contribution < 1.29 is 8.81 Å². The smallest absolute Gasteiger partial charge is 0.247 e. The first kappa shape index (κ1) is 14.9. The van der Waals surface area contributed by atoms with E-state index in [9.17, 15) is 4.39 Å². The van der Waals surface area contributed by atoms with E-state index < -0.39 is 0 Å². The van der Waals surface area contributed by atoms with Crippen molar-refractivity contribution >= 4 is 0 Å². The topological polar surface area (TPSA) is 67.9 Å². The molecule has 7 heteroatoms. The molecule has 2 aromatic heterocycles. The van der Waals surface area contributed by atoms with Gasteiger partial charge in [0, 0.05) is 24.8 Å². The number of nitrogens with zero attached hydrogens (tertiary/aromatic N) is 5. The van der Waals surface area contributed by atoms with E-state index >= 15 is 0 Å². The minimum absolute atomic E-state index is 0.289. The highest BCUT2D eigenvalue weighted by Gasteiger charge is 2.20. The second-order valence-electron chi connectivity index (χ2n) is 5.86. The summed E-state index contributed by atoms with van der Waals surface area (Å²) in [4.78, 5) is 11.0. The van der Waals surface area contributed by atoms with Gasteiger partial charge in [0.1, 0.15) is 11.6 Å². The SMILES string of the molecule is Cc1ncc2c(n1)CN(Cc1nnc(-c3ccc(F)cc3)o1)CC2. The predicted octanol–water partition coefficient (Wildman–Crippen LogP) is 2.53. The van der Waals surface area contributed by atoms with E-state index in [2.05, 4.69) is 25.1 Å². The zero-order chi connectivity index (χ0) is 16.5. The monoisotopic (exact) mass is 325 g/mol. The molecule has 122 valence electrons. The molecule has 1 aromatic carbocycles. The maximum absolute atomic E-state index is 13.0. The van der Waals surface area contributed by atoms with Crippen LogP contribution >= 0.6 is 0 Å². The Morgan fingerprint density at radius 2 is 2.04 bits per heavy atom. The Balaban J connectivity index is 1.48. The number of fused-ring (bicyclic) bond motifs is 1. The lowest BCUT2D eigenvalue weighted by molar-refractivity contribution is 0.218. The zero-order valence-corrected chi connectivity index (χ0v) is 13.2. The first-order valence-corrected chi connectivity index (χ1v) is 7.79. The molecule has 0 atom stereocenters. The number of halogens is 1. The van der Waals surface area contributed by atoms with Crippen LogP contribution in [0.4, 0.5) is 4.39 Å². The second-order valence-corrected chi connectivity index (χ2v) is 5.86. The highest BCUT2D eigenvalue weighted by atomic mass is 19.1. The number of hydrogen-bond donors (Lipinski definition) is 0.